The number of nitrogens with one attached hydrogen (secondary N) is 3. The monoisotopic (exact) mass is 1870 g/mol. The molecule has 0 bridgehead atoms. The number of amides is 1. The van der Waals surface area contributed by atoms with Crippen LogP contribution in [0.2, 0.25) is 0 Å². The van der Waals surface area contributed by atoms with Crippen molar-refractivity contribution in [2.24, 2.45) is 23.7 Å². The molecule has 2 aliphatic carbocycles. The second-order valence-electron chi connectivity index (χ2n) is 33.8. The summed E-state index contributed by atoms with van der Waals surface area (Å²) in [7, 11) is 9.10. The number of hydrogen-bond acceptors (Lipinski definition) is 32. The van der Waals surface area contributed by atoms with E-state index in [4.69, 9.17) is 71.1 Å². The van der Waals surface area contributed by atoms with Crippen LogP contribution in [0.4, 0.5) is 15.3 Å². The maximum Gasteiger partial charge on any atom is 0.514 e. The molecule has 0 unspecified atom stereocenters. The van der Waals surface area contributed by atoms with Gasteiger partial charge in [0.1, 0.15) is 41.0 Å². The number of benzene rings is 9. The number of esters is 2. The Morgan fingerprint density at radius 1 is 0.481 bits per heavy atom. The van der Waals surface area contributed by atoms with Crippen LogP contribution in [0, 0.1) is 33.8 Å². The van der Waals surface area contributed by atoms with Crippen LogP contribution < -0.4 is 68.8 Å². The molecule has 6 aliphatic heterocycles. The molecule has 4 saturated heterocycles. The van der Waals surface area contributed by atoms with Crippen molar-refractivity contribution in [3.63, 3.8) is 0 Å². The molecule has 19 rings (SSSR count). The number of hydrogen-bond donors (Lipinski definition) is 7. The van der Waals surface area contributed by atoms with Crippen LogP contribution in [0.1, 0.15) is 119 Å². The summed E-state index contributed by atoms with van der Waals surface area (Å²) in [6.07, 6.45) is -3.30. The minimum absolute atomic E-state index is 0. The van der Waals surface area contributed by atoms with Crippen molar-refractivity contribution in [1.82, 2.24) is 49.5 Å². The van der Waals surface area contributed by atoms with Gasteiger partial charge in [0.2, 0.25) is 25.1 Å². The van der Waals surface area contributed by atoms with Crippen molar-refractivity contribution >= 4 is 42.3 Å². The molecule has 11 aromatic rings. The van der Waals surface area contributed by atoms with Crippen LogP contribution in [0.3, 0.4) is 0 Å². The van der Waals surface area contributed by atoms with Gasteiger partial charge in [-0.25, -0.2) is 38.5 Å². The number of non-ortho nitro benzene ring substituents is 1. The summed E-state index contributed by atoms with van der Waals surface area (Å²) < 4.78 is 88.0. The number of rotatable bonds is 22. The predicted molar refractivity (Wildman–Crippen MR) is 485 cm³/mol. The second-order valence-corrected chi connectivity index (χ2v) is 33.8. The number of fused-ring (bicyclic) bond motifs is 6. The summed E-state index contributed by atoms with van der Waals surface area (Å²) in [6.45, 7) is 15.3. The number of aromatic hydroxyl groups is 4. The van der Waals surface area contributed by atoms with E-state index in [-0.39, 0.29) is 91.3 Å². The molecule has 38 nitrogen and oxygen atoms in total. The van der Waals surface area contributed by atoms with Gasteiger partial charge in [-0.2, -0.15) is 10.2 Å². The zero-order valence-electron chi connectivity index (χ0n) is 75.2. The minimum Gasteiger partial charge on any atom is -0.508 e. The van der Waals surface area contributed by atoms with E-state index < -0.39 is 88.2 Å². The molecule has 9 aromatic carbocycles. The normalized spacial score (nSPS) is 19.4. The van der Waals surface area contributed by atoms with E-state index in [0.717, 1.165) is 49.4 Å². The van der Waals surface area contributed by atoms with E-state index in [1.54, 1.807) is 41.3 Å². The first-order valence-electron chi connectivity index (χ1n) is 43.4. The zero-order valence-corrected chi connectivity index (χ0v) is 76.0. The first kappa shape index (κ1) is 93.3. The summed E-state index contributed by atoms with van der Waals surface area (Å²) in [5.74, 6) is 0.266. The molecule has 8 atom stereocenters. The minimum atomic E-state index is -1.05. The summed E-state index contributed by atoms with van der Waals surface area (Å²) in [4.78, 5) is 96.1. The molecule has 39 heteroatoms. The average Bonchev–Trinajstić information content (AvgIpc) is 1.70. The number of nitro benzene ring substituents is 1. The summed E-state index contributed by atoms with van der Waals surface area (Å²) in [5.41, 5.74) is 8.45. The highest BCUT2D eigenvalue weighted by molar-refractivity contribution is 5.85. The smallest absolute Gasteiger partial charge is 0.508 e. The van der Waals surface area contributed by atoms with Crippen molar-refractivity contribution < 1.29 is 116 Å². The van der Waals surface area contributed by atoms with Gasteiger partial charge in [0.25, 0.3) is 5.69 Å². The lowest BCUT2D eigenvalue weighted by Gasteiger charge is -2.40. The van der Waals surface area contributed by atoms with Crippen LogP contribution in [-0.2, 0) is 41.6 Å². The molecule has 1 amide bonds. The number of aromatic nitrogens is 6. The Bertz CT molecular complexity index is 6380. The third kappa shape index (κ3) is 18.5. The van der Waals surface area contributed by atoms with Crippen molar-refractivity contribution in [3.05, 3.63) is 232 Å². The maximum atomic E-state index is 14.0. The van der Waals surface area contributed by atoms with Gasteiger partial charge in [0.05, 0.1) is 95.1 Å². The summed E-state index contributed by atoms with van der Waals surface area (Å²) in [6, 6.07) is 40.5. The van der Waals surface area contributed by atoms with Crippen LogP contribution in [-0.4, -0.2) is 216 Å². The third-order valence-corrected chi connectivity index (χ3v) is 25.4. The van der Waals surface area contributed by atoms with Gasteiger partial charge in [-0.15, -0.1) is 12.4 Å². The molecular formula is C96H100ClN11O27. The SMILES string of the molecule is CC(C)c1cc(-c2n[nH]c(=O)n2-c2ccc(CN3CCNCC3)cc2)c(O)cc1O.COc1cc([C@@H]2c3cc4c(cc3[C@H](OC(=O)N3CCN(Cc5ccc(-n6c(-c7cc(C(C)C)c(O)cc7O)n[nH]c6=O)cc5)CC3)[C@H]3COC(=O)[C@@H]23)OCO4)cc(OC)c1OC.COc1cc([C@@H]2c3cc4c(cc3[C@H](OC(=O)Oc3ccc([N+](=O)[O-])cc3)[C@H]3COC(=O)[C@@H]23)OCO4)cc(OC)c1OC.Cl. The lowest BCUT2D eigenvalue weighted by Crippen LogP contribution is -2.49. The lowest BCUT2D eigenvalue weighted by molar-refractivity contribution is -0.384. The molecule has 0 saturated carbocycles. The molecular weight excluding hydrogens is 1770 g/mol. The summed E-state index contributed by atoms with van der Waals surface area (Å²) in [5, 5.41) is 69.2. The van der Waals surface area contributed by atoms with Gasteiger partial charge in [-0.1, -0.05) is 52.0 Å². The van der Waals surface area contributed by atoms with Crippen LogP contribution in [0.15, 0.2) is 155 Å². The molecule has 4 fully saturated rings. The number of carbonyl (C=O) groups excluding carboxylic acids is 4. The van der Waals surface area contributed by atoms with Crippen molar-refractivity contribution in [1.29, 1.82) is 0 Å². The topological polar surface area (TPSA) is 454 Å². The fourth-order valence-corrected chi connectivity index (χ4v) is 18.8. The zero-order chi connectivity index (χ0) is 94.2. The Balaban J connectivity index is 0.000000157. The fourth-order valence-electron chi connectivity index (χ4n) is 18.8. The average molecular weight is 1880 g/mol. The van der Waals surface area contributed by atoms with E-state index in [9.17, 15) is 59.3 Å². The molecule has 8 aliphatic rings. The van der Waals surface area contributed by atoms with Gasteiger partial charge < -0.3 is 102 Å². The number of phenols is 4. The maximum absolute atomic E-state index is 14.0. The Labute approximate surface area is 778 Å². The molecule has 0 spiro atoms. The Morgan fingerprint density at radius 3 is 1.26 bits per heavy atom. The Morgan fingerprint density at radius 2 is 0.874 bits per heavy atom. The van der Waals surface area contributed by atoms with E-state index in [0.29, 0.717) is 152 Å². The van der Waals surface area contributed by atoms with Crippen LogP contribution in [0.5, 0.6) is 86.2 Å². The number of phenolic OH excluding ortho intramolecular Hbond substituents is 4. The van der Waals surface area contributed by atoms with Gasteiger partial charge in [-0.3, -0.25) is 29.5 Å². The third-order valence-electron chi connectivity index (χ3n) is 25.4. The molecule has 7 N–H and O–H groups in total. The van der Waals surface area contributed by atoms with Crippen molar-refractivity contribution in [2.75, 3.05) is 122 Å². The number of carbonyl (C=O) groups is 4. The van der Waals surface area contributed by atoms with Crippen molar-refractivity contribution in [3.8, 4) is 120 Å². The number of aromatic amines is 2. The Kier molecular flexibility index (Phi) is 27.3. The number of nitrogens with zero attached hydrogens (tertiary/aromatic N) is 8. The van der Waals surface area contributed by atoms with Crippen molar-refractivity contribution in [2.45, 2.75) is 76.7 Å². The lowest BCUT2D eigenvalue weighted by atomic mass is 9.66. The highest BCUT2D eigenvalue weighted by atomic mass is 35.5. The van der Waals surface area contributed by atoms with Gasteiger partial charge >= 0.3 is 35.6 Å². The number of nitro groups is 1. The molecule has 708 valence electrons. The molecule has 135 heavy (non-hydrogen) atoms. The predicted octanol–water partition coefficient (Wildman–Crippen LogP) is 12.6. The van der Waals surface area contributed by atoms with E-state index >= 15 is 0 Å². The first-order valence-corrected chi connectivity index (χ1v) is 43.4. The van der Waals surface area contributed by atoms with E-state index in [1.165, 1.54) is 93.8 Å². The highest BCUT2D eigenvalue weighted by Crippen LogP contribution is 2.60. The number of H-pyrrole nitrogens is 2. The number of ether oxygens (including phenoxy) is 15. The van der Waals surface area contributed by atoms with Gasteiger partial charge in [-0.05, 0) is 153 Å². The fraction of sp³-hybridized carbons (Fsp3) is 0.354. The first-order chi connectivity index (χ1) is 64.7. The number of halogens is 1. The number of cyclic esters (lactones) is 2. The van der Waals surface area contributed by atoms with Crippen LogP contribution >= 0.6 is 12.4 Å². The van der Waals surface area contributed by atoms with E-state index in [1.807, 2.05) is 100 Å². The second kappa shape index (κ2) is 39.5. The standard InChI is InChI=1S/C45H47N5O12.C29H25NO12.C22H27N5O3.ClH/c1-23(2)27-16-30(33(52)19-32(27)51)42-46-47-44(54)50(42)26-8-6-24(7-9-26)20-48-10-12-49(13-11-48)45(55)62-40-29-18-35-34(60-22-61-35)17-28(29)38(39-31(40)21-59-43(39)53)25-14-36(56-3)41(58-5)37(15-25)57-4;1-35-22-8-14(9-23(36-2)27(22)37-3)24-17-10-20-21(40-13-39-20)11-18(17)26(19-12-38-28(31)25(19)24)42-29(32)41-16-6-4-15(5-7-16)30(33)34;1-14(2)17-11-18(20(29)12-19(17)28)21-24-25-22(30)27(21)16-5-3-15(4-6-16)13-26-9-7-23-8-10-26;/h6-9,14-19,23,31,38-40,51-52H,10-13,20-22H2,1-5H3,(H,47,54);4-11,19,24-26H,12-13H2,1-3H3;3-6,11-12,14,23,28-29H,7-10,13H2,1-2H3,(H,25,30);1H/t31-,38+,39+,40-;19-,24+,25+,26-;;/m00../s1. The molecule has 8 heterocycles. The number of piperazine rings is 2. The summed E-state index contributed by atoms with van der Waals surface area (Å²) >= 11 is 0. The van der Waals surface area contributed by atoms with Crippen LogP contribution in [0.25, 0.3) is 34.2 Å². The molecule has 0 radical (unpaired) electrons. The highest BCUT2D eigenvalue weighted by Gasteiger charge is 2.57. The van der Waals surface area contributed by atoms with E-state index in [2.05, 4.69) is 35.5 Å². The quantitative estimate of drug-likeness (QED) is 0.0109. The largest absolute Gasteiger partial charge is 0.514 e. The molecule has 2 aromatic heterocycles. The van der Waals surface area contributed by atoms with Gasteiger partial charge in [0, 0.05) is 125 Å². The van der Waals surface area contributed by atoms with Gasteiger partial charge in [0.15, 0.2) is 57.6 Å². The Hall–Kier alpha value is -14.9. The number of methoxy groups -OCH3 is 6.